The van der Waals surface area contributed by atoms with E-state index in [1.807, 2.05) is 0 Å². The SMILES string of the molecule is COC(=O)C1=C(Nc2cccc(C(N)=O)c2C)C(=O)N(CCO)C1. The van der Waals surface area contributed by atoms with Crippen molar-refractivity contribution in [1.82, 2.24) is 4.90 Å². The number of methoxy groups -OCH3 is 1. The molecule has 2 amide bonds. The lowest BCUT2D eigenvalue weighted by Gasteiger charge is -2.16. The molecule has 4 N–H and O–H groups in total. The fourth-order valence-corrected chi connectivity index (χ4v) is 2.52. The van der Waals surface area contributed by atoms with Crippen molar-refractivity contribution in [2.75, 3.05) is 32.1 Å². The average Bonchev–Trinajstić information content (AvgIpc) is 2.85. The van der Waals surface area contributed by atoms with Crippen LogP contribution in [0.2, 0.25) is 0 Å². The number of amides is 2. The highest BCUT2D eigenvalue weighted by molar-refractivity contribution is 6.09. The number of hydrogen-bond acceptors (Lipinski definition) is 6. The van der Waals surface area contributed by atoms with Gasteiger partial charge in [0.1, 0.15) is 5.70 Å². The van der Waals surface area contributed by atoms with Crippen LogP contribution in [-0.2, 0) is 14.3 Å². The monoisotopic (exact) mass is 333 g/mol. The summed E-state index contributed by atoms with van der Waals surface area (Å²) >= 11 is 0. The third-order valence-corrected chi connectivity index (χ3v) is 3.81. The Bertz CT molecular complexity index is 726. The molecule has 0 radical (unpaired) electrons. The number of anilines is 1. The second kappa shape index (κ2) is 7.14. The highest BCUT2D eigenvalue weighted by atomic mass is 16.5. The molecule has 0 fully saturated rings. The standard InChI is InChI=1S/C16H19N3O5/c1-9-10(14(17)21)4-3-5-12(9)18-13-11(16(23)24-2)8-19(6-7-20)15(13)22/h3-5,18,20H,6-8H2,1-2H3,(H2,17,21). The number of aliphatic hydroxyl groups is 1. The maximum absolute atomic E-state index is 12.5. The second-order valence-electron chi connectivity index (χ2n) is 5.26. The zero-order valence-electron chi connectivity index (χ0n) is 13.5. The lowest BCUT2D eigenvalue weighted by Crippen LogP contribution is -2.31. The van der Waals surface area contributed by atoms with Gasteiger partial charge in [-0.3, -0.25) is 9.59 Å². The maximum atomic E-state index is 12.5. The van der Waals surface area contributed by atoms with Gasteiger partial charge < -0.3 is 25.8 Å². The molecule has 0 unspecified atom stereocenters. The van der Waals surface area contributed by atoms with E-state index in [2.05, 4.69) is 5.32 Å². The van der Waals surface area contributed by atoms with Gasteiger partial charge in [-0.1, -0.05) is 6.07 Å². The lowest BCUT2D eigenvalue weighted by molar-refractivity contribution is -0.136. The number of nitrogens with two attached hydrogens (primary N) is 1. The molecule has 8 nitrogen and oxygen atoms in total. The molecule has 0 saturated carbocycles. The molecule has 0 aliphatic carbocycles. The van der Waals surface area contributed by atoms with Gasteiger partial charge in [0.25, 0.3) is 5.91 Å². The number of aliphatic hydroxyl groups excluding tert-OH is 1. The summed E-state index contributed by atoms with van der Waals surface area (Å²) in [6.07, 6.45) is 0. The zero-order chi connectivity index (χ0) is 17.9. The predicted octanol–water partition coefficient (Wildman–Crippen LogP) is -0.233. The van der Waals surface area contributed by atoms with Crippen molar-refractivity contribution in [2.24, 2.45) is 5.73 Å². The maximum Gasteiger partial charge on any atom is 0.337 e. The van der Waals surface area contributed by atoms with Gasteiger partial charge in [-0.2, -0.15) is 0 Å². The number of nitrogens with one attached hydrogen (secondary N) is 1. The van der Waals surface area contributed by atoms with Gasteiger partial charge >= 0.3 is 5.97 Å². The number of carbonyl (C=O) groups excluding carboxylic acids is 3. The number of ether oxygens (including phenoxy) is 1. The third kappa shape index (κ3) is 3.23. The van der Waals surface area contributed by atoms with Crippen LogP contribution in [0.25, 0.3) is 0 Å². The van der Waals surface area contributed by atoms with Gasteiger partial charge in [-0.25, -0.2) is 4.79 Å². The van der Waals surface area contributed by atoms with Gasteiger partial charge in [-0.05, 0) is 24.6 Å². The highest BCUT2D eigenvalue weighted by Gasteiger charge is 2.34. The number of primary amides is 1. The van der Waals surface area contributed by atoms with E-state index in [0.29, 0.717) is 16.8 Å². The van der Waals surface area contributed by atoms with Crippen LogP contribution in [0.3, 0.4) is 0 Å². The molecule has 0 atom stereocenters. The summed E-state index contributed by atoms with van der Waals surface area (Å²) in [5.41, 5.74) is 6.93. The molecule has 1 aromatic rings. The van der Waals surface area contributed by atoms with Crippen LogP contribution >= 0.6 is 0 Å². The van der Waals surface area contributed by atoms with Crippen molar-refractivity contribution in [3.8, 4) is 0 Å². The molecular formula is C16H19N3O5. The minimum Gasteiger partial charge on any atom is -0.466 e. The predicted molar refractivity (Wildman–Crippen MR) is 86.0 cm³/mol. The molecule has 2 rings (SSSR count). The van der Waals surface area contributed by atoms with Gasteiger partial charge in [0.2, 0.25) is 5.91 Å². The van der Waals surface area contributed by atoms with Gasteiger partial charge in [-0.15, -0.1) is 0 Å². The van der Waals surface area contributed by atoms with Crippen LogP contribution < -0.4 is 11.1 Å². The Morgan fingerprint density at radius 3 is 2.71 bits per heavy atom. The van der Waals surface area contributed by atoms with Crippen LogP contribution in [0.15, 0.2) is 29.5 Å². The van der Waals surface area contributed by atoms with Crippen molar-refractivity contribution in [2.45, 2.75) is 6.92 Å². The van der Waals surface area contributed by atoms with E-state index in [4.69, 9.17) is 15.6 Å². The summed E-state index contributed by atoms with van der Waals surface area (Å²) in [7, 11) is 1.23. The van der Waals surface area contributed by atoms with E-state index in [0.717, 1.165) is 0 Å². The summed E-state index contributed by atoms with van der Waals surface area (Å²) in [6, 6.07) is 4.87. The Hall–Kier alpha value is -2.87. The van der Waals surface area contributed by atoms with Crippen LogP contribution in [-0.4, -0.2) is 54.6 Å². The first-order chi connectivity index (χ1) is 11.4. The Morgan fingerprint density at radius 1 is 1.42 bits per heavy atom. The van der Waals surface area contributed by atoms with E-state index in [1.165, 1.54) is 12.0 Å². The fraction of sp³-hybridized carbons (Fsp3) is 0.312. The molecule has 0 spiro atoms. The smallest absolute Gasteiger partial charge is 0.337 e. The number of benzene rings is 1. The van der Waals surface area contributed by atoms with Crippen molar-refractivity contribution in [3.63, 3.8) is 0 Å². The van der Waals surface area contributed by atoms with E-state index >= 15 is 0 Å². The number of hydrogen-bond donors (Lipinski definition) is 3. The quantitative estimate of drug-likeness (QED) is 0.618. The summed E-state index contributed by atoms with van der Waals surface area (Å²) in [5, 5.41) is 11.9. The van der Waals surface area contributed by atoms with Gasteiger partial charge in [0.15, 0.2) is 0 Å². The Kier molecular flexibility index (Phi) is 5.20. The molecule has 0 bridgehead atoms. The van der Waals surface area contributed by atoms with E-state index in [9.17, 15) is 14.4 Å². The van der Waals surface area contributed by atoms with Gasteiger partial charge in [0, 0.05) is 17.8 Å². The summed E-state index contributed by atoms with van der Waals surface area (Å²) in [4.78, 5) is 37.2. The number of β-amino-alcohol motifs (C(OH)–C–C–N with tert-alkyl or cyclic N) is 1. The van der Waals surface area contributed by atoms with Crippen molar-refractivity contribution >= 4 is 23.5 Å². The summed E-state index contributed by atoms with van der Waals surface area (Å²) < 4.78 is 4.72. The largest absolute Gasteiger partial charge is 0.466 e. The minimum atomic E-state index is -0.630. The van der Waals surface area contributed by atoms with Crippen molar-refractivity contribution < 1.29 is 24.2 Å². The first-order valence-electron chi connectivity index (χ1n) is 7.28. The molecule has 24 heavy (non-hydrogen) atoms. The van der Waals surface area contributed by atoms with E-state index < -0.39 is 17.8 Å². The average molecular weight is 333 g/mol. The Balaban J connectivity index is 2.41. The molecule has 0 saturated heterocycles. The molecule has 1 aromatic carbocycles. The molecule has 1 aliphatic rings. The Morgan fingerprint density at radius 2 is 2.12 bits per heavy atom. The van der Waals surface area contributed by atoms with Crippen LogP contribution in [0.1, 0.15) is 15.9 Å². The van der Waals surface area contributed by atoms with Gasteiger partial charge in [0.05, 0.1) is 25.8 Å². The van der Waals surface area contributed by atoms with Crippen molar-refractivity contribution in [3.05, 3.63) is 40.6 Å². The molecule has 8 heteroatoms. The molecule has 0 aromatic heterocycles. The summed E-state index contributed by atoms with van der Waals surface area (Å²) in [6.45, 7) is 1.61. The van der Waals surface area contributed by atoms with Crippen LogP contribution in [0.4, 0.5) is 5.69 Å². The fourth-order valence-electron chi connectivity index (χ4n) is 2.52. The normalized spacial score (nSPS) is 14.1. The number of rotatable bonds is 6. The molecule has 1 aliphatic heterocycles. The van der Waals surface area contributed by atoms with E-state index in [1.54, 1.807) is 25.1 Å². The minimum absolute atomic E-state index is 0.0446. The zero-order valence-corrected chi connectivity index (χ0v) is 13.5. The summed E-state index contributed by atoms with van der Waals surface area (Å²) in [5.74, 6) is -1.64. The molecule has 128 valence electrons. The number of carbonyl (C=O) groups is 3. The first kappa shape index (κ1) is 17.5. The first-order valence-corrected chi connectivity index (χ1v) is 7.28. The number of esters is 1. The van der Waals surface area contributed by atoms with Crippen molar-refractivity contribution in [1.29, 1.82) is 0 Å². The third-order valence-electron chi connectivity index (χ3n) is 3.81. The van der Waals surface area contributed by atoms with E-state index in [-0.39, 0.29) is 31.0 Å². The highest BCUT2D eigenvalue weighted by Crippen LogP contribution is 2.25. The second-order valence-corrected chi connectivity index (χ2v) is 5.26. The molecular weight excluding hydrogens is 314 g/mol. The lowest BCUT2D eigenvalue weighted by atomic mass is 10.1. The molecule has 1 heterocycles. The van der Waals surface area contributed by atoms with Crippen LogP contribution in [0, 0.1) is 6.92 Å². The van der Waals surface area contributed by atoms with Crippen LogP contribution in [0.5, 0.6) is 0 Å². The Labute approximate surface area is 138 Å². The topological polar surface area (TPSA) is 122 Å². The number of nitrogens with zero attached hydrogens (tertiary/aromatic N) is 1.